The Morgan fingerprint density at radius 2 is 1.00 bits per heavy atom. The second-order valence-electron chi connectivity index (χ2n) is 27.0. The van der Waals surface area contributed by atoms with E-state index in [0.717, 1.165) is 30.2 Å². The van der Waals surface area contributed by atoms with Crippen LogP contribution in [0.5, 0.6) is 0 Å². The molecule has 1 aromatic carbocycles. The Morgan fingerprint density at radius 3 is 1.29 bits per heavy atom. The molecule has 0 spiro atoms. The molecule has 3 aliphatic heterocycles. The second-order valence-corrected chi connectivity index (χ2v) is 27.0. The van der Waals surface area contributed by atoms with Crippen molar-refractivity contribution in [2.45, 2.75) is 322 Å². The van der Waals surface area contributed by atoms with Gasteiger partial charge in [-0.3, -0.25) is 29.3 Å². The molecular formula is C70H142F3N9O2. The zero-order chi connectivity index (χ0) is 64.9. The first-order valence-electron chi connectivity index (χ1n) is 34.2. The van der Waals surface area contributed by atoms with Gasteiger partial charge >= 0.3 is 12.1 Å². The topological polar surface area (TPSA) is 55.5 Å². The maximum Gasteiger partial charge on any atom is 0.404 e. The number of likely N-dealkylation sites (N-methyl/N-ethyl adjacent to an activating group) is 2. The normalized spacial score (nSPS) is 18.2. The van der Waals surface area contributed by atoms with E-state index in [1.807, 2.05) is 46.6 Å². The van der Waals surface area contributed by atoms with Gasteiger partial charge in [-0.2, -0.15) is 13.2 Å². The molecule has 500 valence electrons. The molecule has 2 aliphatic carbocycles. The van der Waals surface area contributed by atoms with E-state index in [9.17, 15) is 18.0 Å². The first-order chi connectivity index (χ1) is 39.2. The van der Waals surface area contributed by atoms with Gasteiger partial charge in [0.05, 0.1) is 13.2 Å². The third-order valence-electron chi connectivity index (χ3n) is 16.6. The summed E-state index contributed by atoms with van der Waals surface area (Å²) in [6.45, 7) is 65.0. The van der Waals surface area contributed by atoms with Crippen molar-refractivity contribution >= 4 is 11.7 Å². The van der Waals surface area contributed by atoms with E-state index in [1.165, 1.54) is 127 Å². The number of carbonyl (C=O) groups is 1. The number of nitrogens with zero attached hydrogens (tertiary/aromatic N) is 9. The number of alkyl halides is 3. The molecule has 0 bridgehead atoms. The fourth-order valence-electron chi connectivity index (χ4n) is 11.3. The van der Waals surface area contributed by atoms with Crippen LogP contribution in [0.25, 0.3) is 0 Å². The summed E-state index contributed by atoms with van der Waals surface area (Å²) in [5.74, 6) is -0.149. The number of halogens is 3. The molecule has 5 aliphatic rings. The number of hydrogen-bond acceptors (Lipinski definition) is 11. The highest BCUT2D eigenvalue weighted by Crippen LogP contribution is 2.38. The standard InChI is InChI=1S/C12H19N.C9H17N.C9H19N.C9H21N.C8H14F3N.C8H18N2.C8H17NO2.C7H17N/c1-10(2)13(11(3)4)12-8-6-5-7-9-12;1-7(2)10(8-3-4-8)9-5-6-9;1-9(2)10-7-5-3-4-6-8-10;1-6-7-10(8(2)3)9(4)5;1-6(2)12-5-3-4-7(12)8(9,10)11;1-8(2)10-6-4-9(3)5-7-10;1-5-11-8(10)6-9(4)7(2)3;1-5-8(6-2)7(3)4/h5-11H,1-4H3;7-9H,3-6H2,1-2H3;9H,3-8H2,1-2H3;8-9H,6-7H2,1-5H3;6-7H,3-5H2,1-2H3;8H,4-7H2,1-3H3;7H,5-6H2,1-4H3;7H,5-6H2,1-4H3/t;;;;7-;;;/m....1.../s1. The minimum atomic E-state index is -4.04. The zero-order valence-electron chi connectivity index (χ0n) is 60.1. The molecule has 14 heteroatoms. The van der Waals surface area contributed by atoms with E-state index in [-0.39, 0.29) is 18.4 Å². The summed E-state index contributed by atoms with van der Waals surface area (Å²) in [6, 6.07) is 17.2. The van der Waals surface area contributed by atoms with Crippen molar-refractivity contribution in [1.82, 2.24) is 39.2 Å². The van der Waals surface area contributed by atoms with E-state index < -0.39 is 12.2 Å². The van der Waals surface area contributed by atoms with Gasteiger partial charge in [0.25, 0.3) is 0 Å². The average molecular weight is 1200 g/mol. The van der Waals surface area contributed by atoms with Crippen LogP contribution >= 0.6 is 0 Å². The zero-order valence-corrected chi connectivity index (χ0v) is 60.1. The van der Waals surface area contributed by atoms with Gasteiger partial charge in [0, 0.05) is 104 Å². The lowest BCUT2D eigenvalue weighted by Gasteiger charge is -2.34. The Hall–Kier alpha value is -2.04. The number of ether oxygens (including phenoxy) is 1. The van der Waals surface area contributed by atoms with Crippen LogP contribution in [0, 0.1) is 0 Å². The number of piperazine rings is 1. The molecular weight excluding hydrogens is 1060 g/mol. The van der Waals surface area contributed by atoms with E-state index in [2.05, 4.69) is 203 Å². The molecule has 3 heterocycles. The van der Waals surface area contributed by atoms with Gasteiger partial charge in [0.2, 0.25) is 0 Å². The number of rotatable bonds is 20. The highest BCUT2D eigenvalue weighted by atomic mass is 19.4. The van der Waals surface area contributed by atoms with Crippen LogP contribution in [0.4, 0.5) is 18.9 Å². The van der Waals surface area contributed by atoms with Crippen molar-refractivity contribution in [2.75, 3.05) is 97.6 Å². The second kappa shape index (κ2) is 47.0. The lowest BCUT2D eigenvalue weighted by atomic mass is 10.2. The minimum Gasteiger partial charge on any atom is -0.465 e. The van der Waals surface area contributed by atoms with Crippen molar-refractivity contribution in [2.24, 2.45) is 0 Å². The van der Waals surface area contributed by atoms with E-state index in [1.54, 1.807) is 0 Å². The number of esters is 1. The lowest BCUT2D eigenvalue weighted by Crippen LogP contribution is -2.47. The fraction of sp³-hybridized carbons (Fsp3) is 0.900. The van der Waals surface area contributed by atoms with Gasteiger partial charge in [-0.05, 0) is 269 Å². The summed E-state index contributed by atoms with van der Waals surface area (Å²) in [5.41, 5.74) is 1.31. The minimum absolute atomic E-state index is 0.000810. The Morgan fingerprint density at radius 1 is 0.548 bits per heavy atom. The first kappa shape index (κ1) is 84.0. The predicted molar refractivity (Wildman–Crippen MR) is 362 cm³/mol. The van der Waals surface area contributed by atoms with Gasteiger partial charge in [-0.25, -0.2) is 0 Å². The molecule has 0 aromatic heterocycles. The van der Waals surface area contributed by atoms with Crippen molar-refractivity contribution in [1.29, 1.82) is 0 Å². The van der Waals surface area contributed by atoms with Gasteiger partial charge in [0.15, 0.2) is 0 Å². The van der Waals surface area contributed by atoms with Crippen LogP contribution in [-0.2, 0) is 9.53 Å². The highest BCUT2D eigenvalue weighted by Gasteiger charge is 2.46. The van der Waals surface area contributed by atoms with Gasteiger partial charge in [-0.1, -0.05) is 51.8 Å². The van der Waals surface area contributed by atoms with Crippen molar-refractivity contribution in [3.63, 3.8) is 0 Å². The molecule has 1 aromatic rings. The summed E-state index contributed by atoms with van der Waals surface area (Å²) in [5, 5.41) is 0. The Balaban J connectivity index is 0. The Labute approximate surface area is 520 Å². The number of hydrogen-bond donors (Lipinski definition) is 0. The summed E-state index contributed by atoms with van der Waals surface area (Å²) < 4.78 is 41.8. The highest BCUT2D eigenvalue weighted by molar-refractivity contribution is 5.71. The lowest BCUT2D eigenvalue weighted by molar-refractivity contribution is -0.179. The number of para-hydroxylation sites is 1. The van der Waals surface area contributed by atoms with E-state index >= 15 is 0 Å². The molecule has 11 nitrogen and oxygen atoms in total. The number of likely N-dealkylation sites (tertiary alicyclic amines) is 2. The van der Waals surface area contributed by atoms with Crippen LogP contribution < -0.4 is 4.90 Å². The average Bonchev–Trinajstić information content (AvgIpc) is 4.47. The molecule has 0 amide bonds. The van der Waals surface area contributed by atoms with Crippen LogP contribution in [0.2, 0.25) is 0 Å². The summed E-state index contributed by atoms with van der Waals surface area (Å²) in [7, 11) is 4.10. The summed E-state index contributed by atoms with van der Waals surface area (Å²) in [4.78, 5) is 31.9. The van der Waals surface area contributed by atoms with Crippen LogP contribution in [-0.4, -0.2) is 223 Å². The third-order valence-corrected chi connectivity index (χ3v) is 16.6. The maximum atomic E-state index is 12.3. The predicted octanol–water partition coefficient (Wildman–Crippen LogP) is 15.8. The monoisotopic (exact) mass is 1200 g/mol. The quantitative estimate of drug-likeness (QED) is 0.117. The van der Waals surface area contributed by atoms with E-state index in [4.69, 9.17) is 4.74 Å². The van der Waals surface area contributed by atoms with Crippen molar-refractivity contribution in [3.8, 4) is 0 Å². The smallest absolute Gasteiger partial charge is 0.404 e. The molecule has 0 radical (unpaired) electrons. The molecule has 1 atom stereocenters. The van der Waals surface area contributed by atoms with Gasteiger partial charge in [-0.15, -0.1) is 0 Å². The summed E-state index contributed by atoms with van der Waals surface area (Å²) in [6.07, 6.45) is 9.75. The Kier molecular flexibility index (Phi) is 47.0. The van der Waals surface area contributed by atoms with Crippen LogP contribution in [0.15, 0.2) is 30.3 Å². The molecule has 0 N–H and O–H groups in total. The van der Waals surface area contributed by atoms with Crippen molar-refractivity contribution < 1.29 is 22.7 Å². The van der Waals surface area contributed by atoms with Crippen LogP contribution in [0.1, 0.15) is 237 Å². The van der Waals surface area contributed by atoms with Crippen molar-refractivity contribution in [3.05, 3.63) is 30.3 Å². The fourth-order valence-corrected chi connectivity index (χ4v) is 11.3. The molecule has 6 rings (SSSR count). The summed E-state index contributed by atoms with van der Waals surface area (Å²) >= 11 is 0. The SMILES string of the molecule is CC(C)N(C1CC1)C1CC1.CC(C)N(c1ccccc1)C(C)C.CC(C)N1CCCCCC1.CC(C)N1CCC[C@@H]1C(F)(F)F.CC(C)N1CCN(C)CC1.CCCN(C(C)C)C(C)C.CCN(CC)C(C)C.CCOC(=O)CN(C)C(C)C. The van der Waals surface area contributed by atoms with E-state index in [0.29, 0.717) is 62.4 Å². The molecule has 2 saturated carbocycles. The third kappa shape index (κ3) is 39.1. The number of benzene rings is 1. The van der Waals surface area contributed by atoms with Crippen LogP contribution in [0.3, 0.4) is 0 Å². The molecule has 3 saturated heterocycles. The number of carbonyl (C=O) groups excluding carboxylic acids is 1. The molecule has 0 unspecified atom stereocenters. The maximum absolute atomic E-state index is 12.3. The number of anilines is 1. The molecule has 84 heavy (non-hydrogen) atoms. The molecule has 5 fully saturated rings. The first-order valence-corrected chi connectivity index (χ1v) is 34.2. The van der Waals surface area contributed by atoms with Gasteiger partial charge < -0.3 is 24.3 Å². The Bertz CT molecular complexity index is 1620. The van der Waals surface area contributed by atoms with Gasteiger partial charge in [0.1, 0.15) is 6.04 Å². The largest absolute Gasteiger partial charge is 0.465 e.